The summed E-state index contributed by atoms with van der Waals surface area (Å²) in [6.07, 6.45) is 1.24. The summed E-state index contributed by atoms with van der Waals surface area (Å²) in [4.78, 5) is 18.8. The van der Waals surface area contributed by atoms with Crippen molar-refractivity contribution in [3.8, 4) is 0 Å². The predicted octanol–water partition coefficient (Wildman–Crippen LogP) is 2.87. The Morgan fingerprint density at radius 1 is 1.35 bits per heavy atom. The quantitative estimate of drug-likeness (QED) is 0.668. The van der Waals surface area contributed by atoms with E-state index < -0.39 is 6.43 Å². The second kappa shape index (κ2) is 6.83. The SMILES string of the molecule is O=C(Nc1ccc2nc(C(F)F)[nH]c2c1)c1ccn(C2CCCNC2)n1. The van der Waals surface area contributed by atoms with Crippen LogP contribution in [-0.2, 0) is 0 Å². The Morgan fingerprint density at radius 3 is 3.00 bits per heavy atom. The Kier molecular flexibility index (Phi) is 4.37. The van der Waals surface area contributed by atoms with Gasteiger partial charge in [0.1, 0.15) is 0 Å². The number of anilines is 1. The molecule has 1 atom stereocenters. The second-order valence-electron chi connectivity index (χ2n) is 6.29. The van der Waals surface area contributed by atoms with Gasteiger partial charge in [0.2, 0.25) is 0 Å². The van der Waals surface area contributed by atoms with E-state index in [1.165, 1.54) is 0 Å². The van der Waals surface area contributed by atoms with E-state index >= 15 is 0 Å². The van der Waals surface area contributed by atoms with Gasteiger partial charge >= 0.3 is 0 Å². The molecule has 7 nitrogen and oxygen atoms in total. The van der Waals surface area contributed by atoms with Crippen molar-refractivity contribution in [2.45, 2.75) is 25.3 Å². The molecule has 3 aromatic rings. The van der Waals surface area contributed by atoms with Crippen LogP contribution in [0.5, 0.6) is 0 Å². The summed E-state index contributed by atoms with van der Waals surface area (Å²) in [6.45, 7) is 1.85. The van der Waals surface area contributed by atoms with Crippen molar-refractivity contribution >= 4 is 22.6 Å². The molecule has 0 spiro atoms. The topological polar surface area (TPSA) is 87.6 Å². The molecule has 3 heterocycles. The molecule has 9 heteroatoms. The Balaban J connectivity index is 1.49. The molecule has 136 valence electrons. The first kappa shape index (κ1) is 16.6. The third-order valence-corrected chi connectivity index (χ3v) is 4.45. The second-order valence-corrected chi connectivity index (χ2v) is 6.29. The maximum absolute atomic E-state index is 12.7. The predicted molar refractivity (Wildman–Crippen MR) is 92.4 cm³/mol. The average molecular weight is 360 g/mol. The van der Waals surface area contributed by atoms with Gasteiger partial charge in [-0.15, -0.1) is 0 Å². The first-order chi connectivity index (χ1) is 12.6. The maximum atomic E-state index is 12.7. The molecule has 3 N–H and O–H groups in total. The molecule has 1 amide bonds. The van der Waals surface area contributed by atoms with Crippen molar-refractivity contribution in [2.75, 3.05) is 18.4 Å². The lowest BCUT2D eigenvalue weighted by atomic mass is 10.1. The minimum Gasteiger partial charge on any atom is -0.337 e. The van der Waals surface area contributed by atoms with Crippen LogP contribution in [0.1, 0.15) is 41.6 Å². The van der Waals surface area contributed by atoms with Gasteiger partial charge in [-0.1, -0.05) is 0 Å². The molecule has 0 aliphatic carbocycles. The third kappa shape index (κ3) is 3.30. The molecule has 0 saturated carbocycles. The lowest BCUT2D eigenvalue weighted by molar-refractivity contribution is 0.102. The fourth-order valence-electron chi connectivity index (χ4n) is 3.13. The van der Waals surface area contributed by atoms with Crippen LogP contribution in [-0.4, -0.2) is 38.7 Å². The molecule has 1 aliphatic heterocycles. The number of imidazole rings is 1. The number of halogens is 2. The van der Waals surface area contributed by atoms with Gasteiger partial charge in [-0.05, 0) is 43.7 Å². The Hall–Kier alpha value is -2.81. The smallest absolute Gasteiger partial charge is 0.295 e. The molecule has 4 rings (SSSR count). The first-order valence-electron chi connectivity index (χ1n) is 8.45. The summed E-state index contributed by atoms with van der Waals surface area (Å²) in [5.41, 5.74) is 1.67. The number of amides is 1. The summed E-state index contributed by atoms with van der Waals surface area (Å²) in [5, 5.41) is 10.4. The van der Waals surface area contributed by atoms with E-state index in [2.05, 4.69) is 25.7 Å². The van der Waals surface area contributed by atoms with Crippen LogP contribution in [0.15, 0.2) is 30.5 Å². The maximum Gasteiger partial charge on any atom is 0.295 e. The van der Waals surface area contributed by atoms with Crippen molar-refractivity contribution in [2.24, 2.45) is 0 Å². The van der Waals surface area contributed by atoms with Gasteiger partial charge in [-0.2, -0.15) is 5.10 Å². The molecule has 2 aromatic heterocycles. The van der Waals surface area contributed by atoms with E-state index in [4.69, 9.17) is 0 Å². The van der Waals surface area contributed by atoms with E-state index in [-0.39, 0.29) is 17.8 Å². The van der Waals surface area contributed by atoms with E-state index in [0.29, 0.717) is 22.4 Å². The highest BCUT2D eigenvalue weighted by Crippen LogP contribution is 2.23. The Bertz CT molecular complexity index is 928. The van der Waals surface area contributed by atoms with E-state index in [9.17, 15) is 13.6 Å². The highest BCUT2D eigenvalue weighted by Gasteiger charge is 2.18. The van der Waals surface area contributed by atoms with Crippen LogP contribution >= 0.6 is 0 Å². The van der Waals surface area contributed by atoms with Crippen molar-refractivity contribution < 1.29 is 13.6 Å². The van der Waals surface area contributed by atoms with Crippen molar-refractivity contribution in [3.63, 3.8) is 0 Å². The number of H-pyrrole nitrogens is 1. The zero-order valence-corrected chi connectivity index (χ0v) is 13.9. The van der Waals surface area contributed by atoms with Gasteiger partial charge < -0.3 is 15.6 Å². The lowest BCUT2D eigenvalue weighted by Gasteiger charge is -2.22. The van der Waals surface area contributed by atoms with E-state index in [1.54, 1.807) is 30.5 Å². The standard InChI is InChI=1S/C17H18F2N6O/c18-15(19)16-22-12-4-3-10(8-14(12)23-16)21-17(26)13-5-7-25(24-13)11-2-1-6-20-9-11/h3-5,7-8,11,15,20H,1-2,6,9H2,(H,21,26)(H,22,23). The highest BCUT2D eigenvalue weighted by atomic mass is 19.3. The number of carbonyl (C=O) groups excluding carboxylic acids is 1. The number of nitrogens with one attached hydrogen (secondary N) is 3. The van der Waals surface area contributed by atoms with E-state index in [1.807, 2.05) is 4.68 Å². The van der Waals surface area contributed by atoms with Crippen LogP contribution in [0.2, 0.25) is 0 Å². The number of piperidine rings is 1. The van der Waals surface area contributed by atoms with Gasteiger partial charge in [0.15, 0.2) is 11.5 Å². The Labute approximate surface area is 147 Å². The summed E-state index contributed by atoms with van der Waals surface area (Å²) < 4.78 is 27.2. The monoisotopic (exact) mass is 360 g/mol. The largest absolute Gasteiger partial charge is 0.337 e. The first-order valence-corrected chi connectivity index (χ1v) is 8.45. The van der Waals surface area contributed by atoms with Crippen LogP contribution < -0.4 is 10.6 Å². The highest BCUT2D eigenvalue weighted by molar-refractivity contribution is 6.03. The number of nitrogens with zero attached hydrogens (tertiary/aromatic N) is 3. The van der Waals surface area contributed by atoms with Crippen LogP contribution in [0.3, 0.4) is 0 Å². The number of fused-ring (bicyclic) bond motifs is 1. The molecule has 0 bridgehead atoms. The van der Waals surface area contributed by atoms with Crippen molar-refractivity contribution in [1.29, 1.82) is 0 Å². The summed E-state index contributed by atoms with van der Waals surface area (Å²) in [5.74, 6) is -0.733. The van der Waals surface area contributed by atoms with Gasteiger partial charge in [0.05, 0.1) is 17.1 Å². The average Bonchev–Trinajstić information content (AvgIpc) is 3.29. The number of alkyl halides is 2. The minimum atomic E-state index is -2.67. The fraction of sp³-hybridized carbons (Fsp3) is 0.353. The van der Waals surface area contributed by atoms with Crippen molar-refractivity contribution in [1.82, 2.24) is 25.1 Å². The molecule has 26 heavy (non-hydrogen) atoms. The number of carbonyl (C=O) groups is 1. The summed E-state index contributed by atoms with van der Waals surface area (Å²) >= 11 is 0. The molecule has 1 fully saturated rings. The number of hydrogen-bond acceptors (Lipinski definition) is 4. The van der Waals surface area contributed by atoms with Gasteiger partial charge in [0.25, 0.3) is 12.3 Å². The fourth-order valence-corrected chi connectivity index (χ4v) is 3.13. The molecule has 0 radical (unpaired) electrons. The zero-order chi connectivity index (χ0) is 18.1. The zero-order valence-electron chi connectivity index (χ0n) is 13.9. The molecule has 1 unspecified atom stereocenters. The van der Waals surface area contributed by atoms with Crippen LogP contribution in [0.25, 0.3) is 11.0 Å². The summed E-state index contributed by atoms with van der Waals surface area (Å²) in [6, 6.07) is 6.71. The van der Waals surface area contributed by atoms with Crippen LogP contribution in [0.4, 0.5) is 14.5 Å². The van der Waals surface area contributed by atoms with Crippen LogP contribution in [0, 0.1) is 0 Å². The third-order valence-electron chi connectivity index (χ3n) is 4.45. The summed E-state index contributed by atoms with van der Waals surface area (Å²) in [7, 11) is 0. The number of benzene rings is 1. The molecular weight excluding hydrogens is 342 g/mol. The van der Waals surface area contributed by atoms with Gasteiger partial charge in [0, 0.05) is 18.4 Å². The van der Waals surface area contributed by atoms with E-state index in [0.717, 1.165) is 25.9 Å². The van der Waals surface area contributed by atoms with Gasteiger partial charge in [-0.3, -0.25) is 9.48 Å². The molecule has 1 aromatic carbocycles. The minimum absolute atomic E-state index is 0.249. The molecule has 1 aliphatic rings. The molecular formula is C17H18F2N6O. The number of hydrogen-bond donors (Lipinski definition) is 3. The number of aromatic nitrogens is 4. The normalized spacial score (nSPS) is 17.7. The lowest BCUT2D eigenvalue weighted by Crippen LogP contribution is -2.32. The Morgan fingerprint density at radius 2 is 2.23 bits per heavy atom. The number of aromatic amines is 1. The van der Waals surface area contributed by atoms with Gasteiger partial charge in [-0.25, -0.2) is 13.8 Å². The molecule has 1 saturated heterocycles. The number of rotatable bonds is 4. The van der Waals surface area contributed by atoms with Crippen molar-refractivity contribution in [3.05, 3.63) is 42.0 Å².